The third-order valence-corrected chi connectivity index (χ3v) is 5.36. The molecule has 1 aromatic heterocycles. The molecule has 7 nitrogen and oxygen atoms in total. The van der Waals surface area contributed by atoms with Crippen molar-refractivity contribution >= 4 is 11.6 Å². The molecule has 1 amide bonds. The van der Waals surface area contributed by atoms with Gasteiger partial charge in [-0.3, -0.25) is 9.69 Å². The standard InChI is InChI=1S/C24H27N3O4/c1-17-23(18(2)31-26-17)16-30-22-8-4-6-20(14-22)24(28)25-21-7-3-5-19(13-21)15-27-9-11-29-12-10-27/h3-8,13-14H,9-12,15-16H2,1-2H3,(H,25,28). The SMILES string of the molecule is Cc1noc(C)c1COc1cccc(C(=O)Nc2cccc(CN3CCOCC3)c2)c1. The molecule has 1 saturated heterocycles. The Bertz CT molecular complexity index is 1020. The Morgan fingerprint density at radius 1 is 1.13 bits per heavy atom. The Hall–Kier alpha value is -3.16. The molecule has 1 fully saturated rings. The third kappa shape index (κ3) is 5.51. The highest BCUT2D eigenvalue weighted by Gasteiger charge is 2.13. The van der Waals surface area contributed by atoms with E-state index < -0.39 is 0 Å². The van der Waals surface area contributed by atoms with Gasteiger partial charge in [-0.2, -0.15) is 0 Å². The summed E-state index contributed by atoms with van der Waals surface area (Å²) in [6.45, 7) is 8.32. The van der Waals surface area contributed by atoms with Crippen LogP contribution in [0.1, 0.15) is 32.9 Å². The van der Waals surface area contributed by atoms with Gasteiger partial charge in [-0.15, -0.1) is 0 Å². The van der Waals surface area contributed by atoms with E-state index >= 15 is 0 Å². The number of hydrogen-bond acceptors (Lipinski definition) is 6. The van der Waals surface area contributed by atoms with Crippen LogP contribution in [0.5, 0.6) is 5.75 Å². The van der Waals surface area contributed by atoms with Crippen LogP contribution >= 0.6 is 0 Å². The number of nitrogens with one attached hydrogen (secondary N) is 1. The normalized spacial score (nSPS) is 14.4. The van der Waals surface area contributed by atoms with E-state index in [2.05, 4.69) is 21.4 Å². The van der Waals surface area contributed by atoms with E-state index in [1.807, 2.05) is 44.2 Å². The second-order valence-electron chi connectivity index (χ2n) is 7.66. The van der Waals surface area contributed by atoms with E-state index in [4.69, 9.17) is 14.0 Å². The minimum atomic E-state index is -0.175. The maximum absolute atomic E-state index is 12.8. The van der Waals surface area contributed by atoms with Crippen LogP contribution in [-0.4, -0.2) is 42.3 Å². The number of carbonyl (C=O) groups excluding carboxylic acids is 1. The summed E-state index contributed by atoms with van der Waals surface area (Å²) in [4.78, 5) is 15.1. The van der Waals surface area contributed by atoms with Gasteiger partial charge in [0.05, 0.1) is 24.5 Å². The van der Waals surface area contributed by atoms with Gasteiger partial charge in [0.25, 0.3) is 5.91 Å². The number of hydrogen-bond donors (Lipinski definition) is 1. The Morgan fingerprint density at radius 2 is 1.94 bits per heavy atom. The van der Waals surface area contributed by atoms with Crippen LogP contribution in [0.3, 0.4) is 0 Å². The highest BCUT2D eigenvalue weighted by atomic mass is 16.5. The Morgan fingerprint density at radius 3 is 2.71 bits per heavy atom. The van der Waals surface area contributed by atoms with Gasteiger partial charge in [0, 0.05) is 30.9 Å². The maximum Gasteiger partial charge on any atom is 0.255 e. The molecule has 0 saturated carbocycles. The van der Waals surface area contributed by atoms with Gasteiger partial charge in [0.1, 0.15) is 18.1 Å². The van der Waals surface area contributed by atoms with E-state index in [1.165, 1.54) is 0 Å². The van der Waals surface area contributed by atoms with Crippen molar-refractivity contribution in [1.29, 1.82) is 0 Å². The summed E-state index contributed by atoms with van der Waals surface area (Å²) in [5.74, 6) is 1.18. The fourth-order valence-corrected chi connectivity index (χ4v) is 3.56. The van der Waals surface area contributed by atoms with Gasteiger partial charge in [0.2, 0.25) is 0 Å². The molecule has 1 N–H and O–H groups in total. The number of anilines is 1. The number of nitrogens with zero attached hydrogens (tertiary/aromatic N) is 2. The number of aryl methyl sites for hydroxylation is 2. The molecule has 31 heavy (non-hydrogen) atoms. The predicted octanol–water partition coefficient (Wildman–Crippen LogP) is 3.95. The summed E-state index contributed by atoms with van der Waals surface area (Å²) < 4.78 is 16.4. The van der Waals surface area contributed by atoms with E-state index in [0.717, 1.165) is 61.1 Å². The zero-order valence-electron chi connectivity index (χ0n) is 17.9. The zero-order valence-corrected chi connectivity index (χ0v) is 17.9. The van der Waals surface area contributed by atoms with Crippen LogP contribution in [0.4, 0.5) is 5.69 Å². The molecule has 0 bridgehead atoms. The van der Waals surface area contributed by atoms with E-state index in [1.54, 1.807) is 12.1 Å². The van der Waals surface area contributed by atoms with Gasteiger partial charge < -0.3 is 19.3 Å². The zero-order chi connectivity index (χ0) is 21.6. The quantitative estimate of drug-likeness (QED) is 0.622. The van der Waals surface area contributed by atoms with Gasteiger partial charge in [-0.05, 0) is 49.7 Å². The fraction of sp³-hybridized carbons (Fsp3) is 0.333. The highest BCUT2D eigenvalue weighted by molar-refractivity contribution is 6.04. The van der Waals surface area contributed by atoms with Crippen molar-refractivity contribution in [2.24, 2.45) is 0 Å². The van der Waals surface area contributed by atoms with Gasteiger partial charge >= 0.3 is 0 Å². The summed E-state index contributed by atoms with van der Waals surface area (Å²) in [7, 11) is 0. The minimum Gasteiger partial charge on any atom is -0.489 e. The highest BCUT2D eigenvalue weighted by Crippen LogP contribution is 2.20. The van der Waals surface area contributed by atoms with Gasteiger partial charge in [-0.1, -0.05) is 23.4 Å². The number of morpholine rings is 1. The Balaban J connectivity index is 1.38. The first-order chi connectivity index (χ1) is 15.1. The summed E-state index contributed by atoms with van der Waals surface area (Å²) in [6.07, 6.45) is 0. The minimum absolute atomic E-state index is 0.175. The van der Waals surface area contributed by atoms with Gasteiger partial charge in [0.15, 0.2) is 0 Å². The third-order valence-electron chi connectivity index (χ3n) is 5.36. The number of ether oxygens (including phenoxy) is 2. The number of amides is 1. The molecule has 0 radical (unpaired) electrons. The maximum atomic E-state index is 12.8. The average Bonchev–Trinajstić information content (AvgIpc) is 3.10. The monoisotopic (exact) mass is 421 g/mol. The molecular weight excluding hydrogens is 394 g/mol. The topological polar surface area (TPSA) is 76.8 Å². The number of aromatic nitrogens is 1. The summed E-state index contributed by atoms with van der Waals surface area (Å²) >= 11 is 0. The molecule has 3 aromatic rings. The van der Waals surface area contributed by atoms with Crippen molar-refractivity contribution in [2.75, 3.05) is 31.6 Å². The Labute approximate surface area is 181 Å². The van der Waals surface area contributed by atoms with Crippen molar-refractivity contribution in [3.8, 4) is 5.75 Å². The largest absolute Gasteiger partial charge is 0.489 e. The lowest BCUT2D eigenvalue weighted by Gasteiger charge is -2.26. The van der Waals surface area contributed by atoms with Crippen molar-refractivity contribution in [2.45, 2.75) is 27.0 Å². The van der Waals surface area contributed by atoms with Crippen molar-refractivity contribution < 1.29 is 18.8 Å². The summed E-state index contributed by atoms with van der Waals surface area (Å²) in [5.41, 5.74) is 4.21. The average molecular weight is 421 g/mol. The van der Waals surface area contributed by atoms with Crippen molar-refractivity contribution in [3.63, 3.8) is 0 Å². The first kappa shape index (κ1) is 21.1. The van der Waals surface area contributed by atoms with E-state index in [-0.39, 0.29) is 5.91 Å². The first-order valence-corrected chi connectivity index (χ1v) is 10.4. The molecular formula is C24H27N3O4. The van der Waals surface area contributed by atoms with Crippen LogP contribution in [0.2, 0.25) is 0 Å². The number of carbonyl (C=O) groups is 1. The van der Waals surface area contributed by atoms with Crippen LogP contribution in [0.15, 0.2) is 53.1 Å². The summed E-state index contributed by atoms with van der Waals surface area (Å²) in [6, 6.07) is 15.1. The van der Waals surface area contributed by atoms with E-state index in [9.17, 15) is 4.79 Å². The molecule has 7 heteroatoms. The molecule has 4 rings (SSSR count). The van der Waals surface area contributed by atoms with Crippen LogP contribution < -0.4 is 10.1 Å². The number of benzene rings is 2. The predicted molar refractivity (Wildman–Crippen MR) is 117 cm³/mol. The second-order valence-corrected chi connectivity index (χ2v) is 7.66. The van der Waals surface area contributed by atoms with Crippen LogP contribution in [0, 0.1) is 13.8 Å². The molecule has 0 unspecified atom stereocenters. The summed E-state index contributed by atoms with van der Waals surface area (Å²) in [5, 5.41) is 6.92. The molecule has 1 aliphatic heterocycles. The smallest absolute Gasteiger partial charge is 0.255 e. The van der Waals surface area contributed by atoms with Gasteiger partial charge in [-0.25, -0.2) is 0 Å². The van der Waals surface area contributed by atoms with Crippen LogP contribution in [-0.2, 0) is 17.9 Å². The lowest BCUT2D eigenvalue weighted by Crippen LogP contribution is -2.35. The number of rotatable bonds is 7. The molecule has 0 aliphatic carbocycles. The molecule has 2 aromatic carbocycles. The van der Waals surface area contributed by atoms with E-state index in [0.29, 0.717) is 17.9 Å². The van der Waals surface area contributed by atoms with Crippen molar-refractivity contribution in [3.05, 3.63) is 76.7 Å². The Kier molecular flexibility index (Phi) is 6.64. The first-order valence-electron chi connectivity index (χ1n) is 10.4. The van der Waals surface area contributed by atoms with Crippen molar-refractivity contribution in [1.82, 2.24) is 10.1 Å². The molecule has 162 valence electrons. The molecule has 2 heterocycles. The molecule has 0 spiro atoms. The lowest BCUT2D eigenvalue weighted by atomic mass is 10.1. The second kappa shape index (κ2) is 9.76. The van der Waals surface area contributed by atoms with Crippen LogP contribution in [0.25, 0.3) is 0 Å². The fourth-order valence-electron chi connectivity index (χ4n) is 3.56. The lowest BCUT2D eigenvalue weighted by molar-refractivity contribution is 0.0342. The molecule has 1 aliphatic rings. The molecule has 0 atom stereocenters.